The van der Waals surface area contributed by atoms with Crippen molar-refractivity contribution in [2.24, 2.45) is 0 Å². The minimum atomic E-state index is -4.67. The van der Waals surface area contributed by atoms with Crippen LogP contribution in [-0.4, -0.2) is 19.8 Å². The van der Waals surface area contributed by atoms with Crippen LogP contribution in [0.15, 0.2) is 22.9 Å². The van der Waals surface area contributed by atoms with Crippen LogP contribution < -0.4 is 5.30 Å². The monoisotopic (exact) mass is 282 g/mol. The van der Waals surface area contributed by atoms with Crippen molar-refractivity contribution in [1.82, 2.24) is 9.97 Å². The second kappa shape index (κ2) is 3.98. The van der Waals surface area contributed by atoms with Crippen LogP contribution in [0.25, 0.3) is 11.5 Å². The van der Waals surface area contributed by atoms with Gasteiger partial charge in [0.25, 0.3) is 0 Å². The minimum absolute atomic E-state index is 0.259. The lowest BCUT2D eigenvalue weighted by atomic mass is 10.3. The topological polar surface area (TPSA) is 99.3 Å². The van der Waals surface area contributed by atoms with E-state index in [1.165, 1.54) is 0 Å². The number of rotatable bonds is 2. The van der Waals surface area contributed by atoms with Crippen LogP contribution in [0.2, 0.25) is 0 Å². The van der Waals surface area contributed by atoms with Gasteiger partial charge < -0.3 is 19.2 Å². The third-order valence-electron chi connectivity index (χ3n) is 2.05. The first-order chi connectivity index (χ1) is 8.19. The number of nitrogens with zero attached hydrogens (tertiary/aromatic N) is 1. The number of hydrogen-bond donors (Lipinski definition) is 3. The Balaban J connectivity index is 2.48. The Kier molecular flexibility index (Phi) is 2.84. The zero-order valence-electron chi connectivity index (χ0n) is 8.47. The van der Waals surface area contributed by atoms with Gasteiger partial charge in [0.2, 0.25) is 5.82 Å². The Labute approximate surface area is 97.6 Å². The first kappa shape index (κ1) is 12.9. The van der Waals surface area contributed by atoms with E-state index < -0.39 is 24.9 Å². The SMILES string of the molecule is O=P(O)(O)c1ccoc1-c1cnc(C(F)(F)F)[nH]1. The summed E-state index contributed by atoms with van der Waals surface area (Å²) in [5, 5.41) is -0.500. The molecule has 0 aliphatic heterocycles. The molecule has 0 radical (unpaired) electrons. The smallest absolute Gasteiger partial charge is 0.449 e. The zero-order chi connectivity index (χ0) is 13.6. The standard InChI is InChI=1S/C8H6F3N2O4P/c9-8(10,11)7-12-3-4(13-7)6-5(1-2-17-6)18(14,15)16/h1-3H,(H,12,13)(H2,14,15,16). The van der Waals surface area contributed by atoms with E-state index in [2.05, 4.69) is 4.98 Å². The number of alkyl halides is 3. The fraction of sp³-hybridized carbons (Fsp3) is 0.125. The van der Waals surface area contributed by atoms with E-state index in [-0.39, 0.29) is 11.5 Å². The van der Waals surface area contributed by atoms with Crippen LogP contribution in [0.5, 0.6) is 0 Å². The number of furan rings is 1. The van der Waals surface area contributed by atoms with E-state index in [0.717, 1.165) is 18.5 Å². The third-order valence-corrected chi connectivity index (χ3v) is 3.03. The predicted molar refractivity (Wildman–Crippen MR) is 53.0 cm³/mol. The van der Waals surface area contributed by atoms with Gasteiger partial charge in [0, 0.05) is 0 Å². The van der Waals surface area contributed by atoms with Gasteiger partial charge in [-0.3, -0.25) is 4.57 Å². The fourth-order valence-corrected chi connectivity index (χ4v) is 2.01. The van der Waals surface area contributed by atoms with Gasteiger partial charge in [0.1, 0.15) is 11.0 Å². The number of halogens is 3. The Bertz CT molecular complexity index is 612. The third kappa shape index (κ3) is 2.33. The van der Waals surface area contributed by atoms with Crippen molar-refractivity contribution in [1.29, 1.82) is 0 Å². The highest BCUT2D eigenvalue weighted by molar-refractivity contribution is 7.60. The summed E-state index contributed by atoms with van der Waals surface area (Å²) in [5.41, 5.74) is -0.259. The molecule has 0 saturated heterocycles. The molecule has 10 heteroatoms. The van der Waals surface area contributed by atoms with Crippen molar-refractivity contribution in [2.75, 3.05) is 0 Å². The Morgan fingerprint density at radius 3 is 2.56 bits per heavy atom. The average Bonchev–Trinajstić information content (AvgIpc) is 2.84. The highest BCUT2D eigenvalue weighted by atomic mass is 31.2. The first-order valence-corrected chi connectivity index (χ1v) is 6.07. The lowest BCUT2D eigenvalue weighted by molar-refractivity contribution is -0.144. The molecule has 0 amide bonds. The van der Waals surface area contributed by atoms with Gasteiger partial charge in [-0.05, 0) is 6.07 Å². The van der Waals surface area contributed by atoms with Gasteiger partial charge in [0.05, 0.1) is 12.5 Å². The quantitative estimate of drug-likeness (QED) is 0.725. The van der Waals surface area contributed by atoms with Crippen LogP contribution in [-0.2, 0) is 10.7 Å². The summed E-state index contributed by atoms with van der Waals surface area (Å²) in [6.07, 6.45) is -2.91. The molecule has 0 bridgehead atoms. The second-order valence-electron chi connectivity index (χ2n) is 3.32. The van der Waals surface area contributed by atoms with E-state index >= 15 is 0 Å². The number of aromatic nitrogens is 2. The molecule has 0 atom stereocenters. The van der Waals surface area contributed by atoms with Gasteiger partial charge in [-0.15, -0.1) is 0 Å². The maximum Gasteiger partial charge on any atom is 0.449 e. The molecule has 18 heavy (non-hydrogen) atoms. The molecule has 6 nitrogen and oxygen atoms in total. The van der Waals surface area contributed by atoms with Crippen LogP contribution >= 0.6 is 7.60 Å². The predicted octanol–water partition coefficient (Wildman–Crippen LogP) is 1.49. The van der Waals surface area contributed by atoms with Gasteiger partial charge in [-0.1, -0.05) is 0 Å². The Morgan fingerprint density at radius 2 is 2.06 bits per heavy atom. The van der Waals surface area contributed by atoms with Gasteiger partial charge in [-0.2, -0.15) is 13.2 Å². The average molecular weight is 282 g/mol. The largest absolute Gasteiger partial charge is 0.462 e. The van der Waals surface area contributed by atoms with Crippen LogP contribution in [0.3, 0.4) is 0 Å². The summed E-state index contributed by atoms with van der Waals surface area (Å²) in [5.74, 6) is -1.64. The lowest BCUT2D eigenvalue weighted by Gasteiger charge is -2.03. The van der Waals surface area contributed by atoms with E-state index in [0.29, 0.717) is 0 Å². The van der Waals surface area contributed by atoms with Crippen LogP contribution in [0.1, 0.15) is 5.82 Å². The molecule has 0 spiro atoms. The number of nitrogens with one attached hydrogen (secondary N) is 1. The number of H-pyrrole nitrogens is 1. The van der Waals surface area contributed by atoms with Crippen molar-refractivity contribution in [3.05, 3.63) is 24.4 Å². The minimum Gasteiger partial charge on any atom is -0.462 e. The Hall–Kier alpha value is -1.57. The molecule has 0 fully saturated rings. The molecule has 0 aliphatic rings. The summed E-state index contributed by atoms with van der Waals surface area (Å²) in [4.78, 5) is 22.9. The molecule has 2 aromatic rings. The number of aromatic amines is 1. The zero-order valence-corrected chi connectivity index (χ0v) is 9.37. The molecule has 98 valence electrons. The van der Waals surface area contributed by atoms with Crippen molar-refractivity contribution in [2.45, 2.75) is 6.18 Å². The molecule has 2 rings (SSSR count). The van der Waals surface area contributed by atoms with E-state index in [4.69, 9.17) is 14.2 Å². The van der Waals surface area contributed by atoms with E-state index in [9.17, 15) is 17.7 Å². The Morgan fingerprint density at radius 1 is 1.39 bits per heavy atom. The molecule has 3 N–H and O–H groups in total. The van der Waals surface area contributed by atoms with Crippen molar-refractivity contribution >= 4 is 12.9 Å². The van der Waals surface area contributed by atoms with Gasteiger partial charge >= 0.3 is 13.8 Å². The van der Waals surface area contributed by atoms with Crippen LogP contribution in [0.4, 0.5) is 13.2 Å². The molecule has 0 unspecified atom stereocenters. The van der Waals surface area contributed by atoms with Crippen LogP contribution in [0, 0.1) is 0 Å². The highest BCUT2D eigenvalue weighted by Crippen LogP contribution is 2.38. The van der Waals surface area contributed by atoms with E-state index in [1.54, 1.807) is 0 Å². The maximum atomic E-state index is 12.3. The number of imidazole rings is 1. The summed E-state index contributed by atoms with van der Waals surface area (Å²) in [6.45, 7) is 0. The molecule has 0 aliphatic carbocycles. The van der Waals surface area contributed by atoms with Gasteiger partial charge in [-0.25, -0.2) is 4.98 Å². The summed E-state index contributed by atoms with van der Waals surface area (Å²) in [6, 6.07) is 0.990. The second-order valence-corrected chi connectivity index (χ2v) is 4.89. The molecule has 0 saturated carbocycles. The molecular formula is C8H6F3N2O4P. The summed E-state index contributed by atoms with van der Waals surface area (Å²) >= 11 is 0. The summed E-state index contributed by atoms with van der Waals surface area (Å²) in [7, 11) is -4.63. The molecular weight excluding hydrogens is 276 g/mol. The molecule has 2 heterocycles. The van der Waals surface area contributed by atoms with E-state index in [1.807, 2.05) is 4.98 Å². The number of hydrogen-bond acceptors (Lipinski definition) is 3. The molecule has 2 aromatic heterocycles. The first-order valence-electron chi connectivity index (χ1n) is 4.46. The lowest BCUT2D eigenvalue weighted by Crippen LogP contribution is -2.07. The highest BCUT2D eigenvalue weighted by Gasteiger charge is 2.35. The van der Waals surface area contributed by atoms with Crippen molar-refractivity contribution in [3.63, 3.8) is 0 Å². The van der Waals surface area contributed by atoms with Crippen molar-refractivity contribution < 1.29 is 31.9 Å². The van der Waals surface area contributed by atoms with Gasteiger partial charge in [0.15, 0.2) is 5.76 Å². The van der Waals surface area contributed by atoms with Crippen molar-refractivity contribution in [3.8, 4) is 11.5 Å². The summed E-state index contributed by atoms with van der Waals surface area (Å²) < 4.78 is 52.7. The maximum absolute atomic E-state index is 12.3. The molecule has 0 aromatic carbocycles. The fourth-order valence-electron chi connectivity index (χ4n) is 1.31. The normalized spacial score (nSPS) is 12.9.